The lowest BCUT2D eigenvalue weighted by molar-refractivity contribution is 0.564. The van der Waals surface area contributed by atoms with E-state index < -0.39 is 5.63 Å². The maximum absolute atomic E-state index is 11.5. The van der Waals surface area contributed by atoms with Gasteiger partial charge in [0.1, 0.15) is 11.3 Å². The zero-order valence-electron chi connectivity index (χ0n) is 9.57. The van der Waals surface area contributed by atoms with Crippen LogP contribution in [0.15, 0.2) is 27.4 Å². The van der Waals surface area contributed by atoms with Gasteiger partial charge in [-0.25, -0.2) is 4.79 Å². The second-order valence-electron chi connectivity index (χ2n) is 4.05. The zero-order valence-corrected chi connectivity index (χ0v) is 9.57. The van der Waals surface area contributed by atoms with Gasteiger partial charge in [-0.2, -0.15) is 0 Å². The molecule has 0 saturated carbocycles. The van der Waals surface area contributed by atoms with Gasteiger partial charge < -0.3 is 15.1 Å². The van der Waals surface area contributed by atoms with Crippen LogP contribution < -0.4 is 16.3 Å². The third kappa shape index (κ3) is 1.52. The zero-order chi connectivity index (χ0) is 11.9. The molecule has 2 N–H and O–H groups in total. The van der Waals surface area contributed by atoms with E-state index in [2.05, 4.69) is 0 Å². The molecule has 2 aromatic rings. The topological polar surface area (TPSA) is 59.5 Å². The highest BCUT2D eigenvalue weighted by Crippen LogP contribution is 2.29. The van der Waals surface area contributed by atoms with Gasteiger partial charge in [0.15, 0.2) is 0 Å². The van der Waals surface area contributed by atoms with Crippen molar-refractivity contribution in [2.75, 3.05) is 24.7 Å². The molecule has 0 saturated heterocycles. The van der Waals surface area contributed by atoms with Gasteiger partial charge in [0, 0.05) is 19.5 Å². The molecule has 1 heterocycles. The van der Waals surface area contributed by atoms with Gasteiger partial charge in [0.2, 0.25) is 0 Å². The predicted molar refractivity (Wildman–Crippen MR) is 66.0 cm³/mol. The molecular weight excluding hydrogens is 204 g/mol. The fourth-order valence-electron chi connectivity index (χ4n) is 1.80. The first-order valence-electron chi connectivity index (χ1n) is 5.01. The van der Waals surface area contributed by atoms with Crippen molar-refractivity contribution in [3.8, 4) is 0 Å². The Morgan fingerprint density at radius 2 is 2.00 bits per heavy atom. The molecule has 0 atom stereocenters. The lowest BCUT2D eigenvalue weighted by Crippen LogP contribution is -2.17. The lowest BCUT2D eigenvalue weighted by Gasteiger charge is -2.16. The summed E-state index contributed by atoms with van der Waals surface area (Å²) in [4.78, 5) is 13.4. The van der Waals surface area contributed by atoms with Crippen molar-refractivity contribution in [1.29, 1.82) is 0 Å². The summed E-state index contributed by atoms with van der Waals surface area (Å²) in [5, 5.41) is 0.863. The van der Waals surface area contributed by atoms with Crippen molar-refractivity contribution < 1.29 is 4.42 Å². The molecule has 0 aliphatic carbocycles. The van der Waals surface area contributed by atoms with Crippen LogP contribution in [0.4, 0.5) is 11.4 Å². The van der Waals surface area contributed by atoms with Crippen molar-refractivity contribution in [3.63, 3.8) is 0 Å². The van der Waals surface area contributed by atoms with E-state index in [0.717, 1.165) is 16.6 Å². The van der Waals surface area contributed by atoms with Crippen LogP contribution in [-0.2, 0) is 0 Å². The summed E-state index contributed by atoms with van der Waals surface area (Å²) >= 11 is 0. The Labute approximate surface area is 93.3 Å². The summed E-state index contributed by atoms with van der Waals surface area (Å²) in [5.41, 5.74) is 7.80. The molecule has 1 aromatic carbocycles. The van der Waals surface area contributed by atoms with Gasteiger partial charge >= 0.3 is 5.63 Å². The third-order valence-electron chi connectivity index (χ3n) is 2.52. The number of aryl methyl sites for hydroxylation is 1. The average Bonchev–Trinajstić information content (AvgIpc) is 2.20. The highest BCUT2D eigenvalue weighted by molar-refractivity contribution is 5.96. The summed E-state index contributed by atoms with van der Waals surface area (Å²) in [5.74, 6) is 0. The summed E-state index contributed by atoms with van der Waals surface area (Å²) < 4.78 is 5.13. The van der Waals surface area contributed by atoms with Gasteiger partial charge in [0.05, 0.1) is 5.69 Å². The van der Waals surface area contributed by atoms with Crippen molar-refractivity contribution >= 4 is 22.3 Å². The molecule has 0 radical (unpaired) electrons. The van der Waals surface area contributed by atoms with Crippen LogP contribution in [-0.4, -0.2) is 14.1 Å². The minimum atomic E-state index is -0.486. The number of nitrogen functional groups attached to an aromatic ring is 1. The van der Waals surface area contributed by atoms with Crippen LogP contribution in [0.5, 0.6) is 0 Å². The number of nitrogens with zero attached hydrogens (tertiary/aromatic N) is 1. The Morgan fingerprint density at radius 3 is 2.62 bits per heavy atom. The van der Waals surface area contributed by atoms with E-state index in [1.807, 2.05) is 38.1 Å². The Hall–Kier alpha value is -1.97. The Morgan fingerprint density at radius 1 is 1.31 bits per heavy atom. The molecular formula is C12H14N2O2. The van der Waals surface area contributed by atoms with Crippen LogP contribution in [0, 0.1) is 6.92 Å². The predicted octanol–water partition coefficient (Wildman–Crippen LogP) is 1.75. The molecule has 0 spiro atoms. The maximum Gasteiger partial charge on any atom is 0.361 e. The number of benzene rings is 1. The largest absolute Gasteiger partial charge is 0.421 e. The summed E-state index contributed by atoms with van der Waals surface area (Å²) in [6.07, 6.45) is 0. The van der Waals surface area contributed by atoms with Gasteiger partial charge in [-0.1, -0.05) is 11.6 Å². The minimum Gasteiger partial charge on any atom is -0.421 e. The molecule has 0 aliphatic heterocycles. The van der Waals surface area contributed by atoms with Crippen LogP contribution in [0.25, 0.3) is 11.0 Å². The van der Waals surface area contributed by atoms with E-state index in [1.165, 1.54) is 0 Å². The van der Waals surface area contributed by atoms with Crippen LogP contribution in [0.2, 0.25) is 0 Å². The molecule has 0 amide bonds. The first-order chi connectivity index (χ1) is 7.50. The molecule has 0 aliphatic rings. The van der Waals surface area contributed by atoms with Gasteiger partial charge in [-0.05, 0) is 19.1 Å². The van der Waals surface area contributed by atoms with Crippen LogP contribution in [0.3, 0.4) is 0 Å². The number of anilines is 2. The molecule has 84 valence electrons. The number of hydrogen-bond acceptors (Lipinski definition) is 4. The maximum atomic E-state index is 11.5. The van der Waals surface area contributed by atoms with Crippen LogP contribution >= 0.6 is 0 Å². The van der Waals surface area contributed by atoms with E-state index in [1.54, 1.807) is 6.07 Å². The standard InChI is InChI=1S/C12H14N2O2/c1-7-4-5-9-8(6-7)11(14(2)3)10(13)12(15)16-9/h4-6H,13H2,1-3H3. The number of rotatable bonds is 1. The quantitative estimate of drug-likeness (QED) is 0.741. The lowest BCUT2D eigenvalue weighted by atomic mass is 10.1. The molecule has 0 bridgehead atoms. The van der Waals surface area contributed by atoms with Crippen molar-refractivity contribution in [1.82, 2.24) is 0 Å². The molecule has 16 heavy (non-hydrogen) atoms. The third-order valence-corrected chi connectivity index (χ3v) is 2.52. The van der Waals surface area contributed by atoms with Crippen molar-refractivity contribution in [2.45, 2.75) is 6.92 Å². The summed E-state index contributed by atoms with van der Waals surface area (Å²) in [6.45, 7) is 1.99. The van der Waals surface area contributed by atoms with E-state index >= 15 is 0 Å². The summed E-state index contributed by atoms with van der Waals surface area (Å²) in [6, 6.07) is 5.66. The molecule has 1 aromatic heterocycles. The van der Waals surface area contributed by atoms with Crippen LogP contribution in [0.1, 0.15) is 5.56 Å². The SMILES string of the molecule is Cc1ccc2oc(=O)c(N)c(N(C)C)c2c1. The monoisotopic (exact) mass is 218 g/mol. The smallest absolute Gasteiger partial charge is 0.361 e. The highest BCUT2D eigenvalue weighted by atomic mass is 16.4. The Bertz CT molecular complexity index is 600. The highest BCUT2D eigenvalue weighted by Gasteiger charge is 2.13. The number of hydrogen-bond donors (Lipinski definition) is 1. The Balaban J connectivity index is 2.96. The first-order valence-corrected chi connectivity index (χ1v) is 5.01. The normalized spacial score (nSPS) is 10.7. The number of nitrogens with two attached hydrogens (primary N) is 1. The molecule has 0 unspecified atom stereocenters. The second-order valence-corrected chi connectivity index (χ2v) is 4.05. The molecule has 0 fully saturated rings. The molecule has 4 nitrogen and oxygen atoms in total. The minimum absolute atomic E-state index is 0.156. The first kappa shape index (κ1) is 10.5. The van der Waals surface area contributed by atoms with Gasteiger partial charge in [-0.3, -0.25) is 0 Å². The van der Waals surface area contributed by atoms with E-state index in [9.17, 15) is 4.79 Å². The Kier molecular flexibility index (Phi) is 2.34. The fraction of sp³-hybridized carbons (Fsp3) is 0.250. The second kappa shape index (κ2) is 3.56. The molecule has 4 heteroatoms. The van der Waals surface area contributed by atoms with E-state index in [4.69, 9.17) is 10.2 Å². The van der Waals surface area contributed by atoms with E-state index in [-0.39, 0.29) is 5.69 Å². The van der Waals surface area contributed by atoms with E-state index in [0.29, 0.717) is 5.58 Å². The molecule has 2 rings (SSSR count). The number of fused-ring (bicyclic) bond motifs is 1. The van der Waals surface area contributed by atoms with Crippen molar-refractivity contribution in [3.05, 3.63) is 34.2 Å². The van der Waals surface area contributed by atoms with Crippen molar-refractivity contribution in [2.24, 2.45) is 0 Å². The average molecular weight is 218 g/mol. The summed E-state index contributed by atoms with van der Waals surface area (Å²) in [7, 11) is 3.71. The fourth-order valence-corrected chi connectivity index (χ4v) is 1.80. The van der Waals surface area contributed by atoms with Gasteiger partial charge in [0.25, 0.3) is 0 Å². The van der Waals surface area contributed by atoms with Gasteiger partial charge in [-0.15, -0.1) is 0 Å².